The average Bonchev–Trinajstić information content (AvgIpc) is 2.19. The summed E-state index contributed by atoms with van der Waals surface area (Å²) in [6.45, 7) is -0.317. The molecule has 0 aromatic carbocycles. The van der Waals surface area contributed by atoms with Gasteiger partial charge in [0.05, 0.1) is 18.2 Å². The maximum Gasteiger partial charge on any atom is 0.106 e. The second-order valence-corrected chi connectivity index (χ2v) is 3.42. The van der Waals surface area contributed by atoms with E-state index in [2.05, 4.69) is 10.0 Å². The lowest BCUT2D eigenvalue weighted by molar-refractivity contribution is -0.125. The molecule has 5 atom stereocenters. The molecule has 0 aromatic heterocycles. The number of nitrogens with zero attached hydrogens (tertiary/aromatic N) is 3. The Balaban J connectivity index is 2.77. The predicted octanol–water partition coefficient (Wildman–Crippen LogP) is -1.24. The van der Waals surface area contributed by atoms with Gasteiger partial charge in [0.1, 0.15) is 6.10 Å². The molecule has 0 bridgehead atoms. The zero-order valence-corrected chi connectivity index (χ0v) is 7.43. The number of rotatable bonds is 2. The highest BCUT2D eigenvalue weighted by atomic mass is 16.4. The van der Waals surface area contributed by atoms with Crippen LogP contribution in [0.3, 0.4) is 0 Å². The molecule has 80 valence electrons. The molecule has 0 spiro atoms. The summed E-state index contributed by atoms with van der Waals surface area (Å²) in [6, 6.07) is -0.796. The summed E-state index contributed by atoms with van der Waals surface area (Å²) in [7, 11) is 0. The summed E-state index contributed by atoms with van der Waals surface area (Å²) < 4.78 is 0. The molecule has 0 radical (unpaired) electrons. The normalized spacial score (nSPS) is 43.0. The number of azide groups is 1. The van der Waals surface area contributed by atoms with E-state index in [4.69, 9.17) is 10.6 Å². The standard InChI is InChI=1S/C7H13N3O4/c8-10-9-4-1-3(2-11)5(12)7(14)6(4)13/h3-7,11-14H,1-2H2. The van der Waals surface area contributed by atoms with E-state index in [1.54, 1.807) is 0 Å². The highest BCUT2D eigenvalue weighted by molar-refractivity contribution is 4.95. The van der Waals surface area contributed by atoms with Gasteiger partial charge >= 0.3 is 0 Å². The Kier molecular flexibility index (Phi) is 3.68. The molecule has 0 aromatic rings. The third-order valence-corrected chi connectivity index (χ3v) is 2.56. The molecule has 0 saturated heterocycles. The summed E-state index contributed by atoms with van der Waals surface area (Å²) in [5.41, 5.74) is 8.19. The van der Waals surface area contributed by atoms with E-state index in [0.29, 0.717) is 0 Å². The number of aliphatic hydroxyl groups is 4. The number of aliphatic hydroxyl groups excluding tert-OH is 4. The van der Waals surface area contributed by atoms with Gasteiger partial charge < -0.3 is 20.4 Å². The summed E-state index contributed by atoms with van der Waals surface area (Å²) in [5.74, 6) is -0.566. The van der Waals surface area contributed by atoms with Crippen molar-refractivity contribution in [2.24, 2.45) is 11.0 Å². The Labute approximate surface area is 80.2 Å². The van der Waals surface area contributed by atoms with Crippen molar-refractivity contribution in [3.05, 3.63) is 10.4 Å². The van der Waals surface area contributed by atoms with E-state index in [1.807, 2.05) is 0 Å². The molecular formula is C7H13N3O4. The van der Waals surface area contributed by atoms with Crippen LogP contribution in [0.1, 0.15) is 6.42 Å². The van der Waals surface area contributed by atoms with Crippen molar-refractivity contribution in [1.29, 1.82) is 0 Å². The van der Waals surface area contributed by atoms with E-state index in [0.717, 1.165) is 0 Å². The second-order valence-electron chi connectivity index (χ2n) is 3.42. The number of hydrogen-bond donors (Lipinski definition) is 4. The van der Waals surface area contributed by atoms with Crippen molar-refractivity contribution >= 4 is 0 Å². The molecule has 7 nitrogen and oxygen atoms in total. The van der Waals surface area contributed by atoms with Crippen LogP contribution in [-0.4, -0.2) is 51.4 Å². The predicted molar refractivity (Wildman–Crippen MR) is 46.1 cm³/mol. The van der Waals surface area contributed by atoms with E-state index >= 15 is 0 Å². The van der Waals surface area contributed by atoms with Gasteiger partial charge in [-0.1, -0.05) is 5.11 Å². The molecule has 0 heterocycles. The van der Waals surface area contributed by atoms with Gasteiger partial charge in [-0.15, -0.1) is 0 Å². The fourth-order valence-corrected chi connectivity index (χ4v) is 1.66. The lowest BCUT2D eigenvalue weighted by Crippen LogP contribution is -2.53. The van der Waals surface area contributed by atoms with E-state index < -0.39 is 30.3 Å². The monoisotopic (exact) mass is 203 g/mol. The lowest BCUT2D eigenvalue weighted by atomic mass is 9.80. The third kappa shape index (κ3) is 1.97. The van der Waals surface area contributed by atoms with Gasteiger partial charge in [0, 0.05) is 17.4 Å². The van der Waals surface area contributed by atoms with E-state index in [9.17, 15) is 15.3 Å². The van der Waals surface area contributed by atoms with Crippen LogP contribution in [0.2, 0.25) is 0 Å². The molecule has 1 aliphatic carbocycles. The minimum Gasteiger partial charge on any atom is -0.396 e. The van der Waals surface area contributed by atoms with Crippen molar-refractivity contribution in [2.75, 3.05) is 6.61 Å². The van der Waals surface area contributed by atoms with Crippen LogP contribution >= 0.6 is 0 Å². The van der Waals surface area contributed by atoms with Gasteiger partial charge in [0.15, 0.2) is 0 Å². The number of hydrogen-bond acceptors (Lipinski definition) is 5. The molecule has 1 aliphatic rings. The van der Waals surface area contributed by atoms with E-state index in [-0.39, 0.29) is 13.0 Å². The van der Waals surface area contributed by atoms with Gasteiger partial charge in [0.25, 0.3) is 0 Å². The highest BCUT2D eigenvalue weighted by Gasteiger charge is 2.41. The minimum atomic E-state index is -1.38. The summed E-state index contributed by atoms with van der Waals surface area (Å²) in [5, 5.41) is 40.3. The summed E-state index contributed by atoms with van der Waals surface area (Å²) >= 11 is 0. The summed E-state index contributed by atoms with van der Waals surface area (Å²) in [6.07, 6.45) is -3.67. The summed E-state index contributed by atoms with van der Waals surface area (Å²) in [4.78, 5) is 2.53. The Hall–Kier alpha value is -0.850. The van der Waals surface area contributed by atoms with Crippen LogP contribution < -0.4 is 0 Å². The quantitative estimate of drug-likeness (QED) is 0.254. The first-order chi connectivity index (χ1) is 6.61. The molecular weight excluding hydrogens is 190 g/mol. The minimum absolute atomic E-state index is 0.167. The van der Waals surface area contributed by atoms with Crippen molar-refractivity contribution in [1.82, 2.24) is 0 Å². The topological polar surface area (TPSA) is 130 Å². The van der Waals surface area contributed by atoms with Crippen molar-refractivity contribution in [3.63, 3.8) is 0 Å². The molecule has 7 heteroatoms. The van der Waals surface area contributed by atoms with E-state index in [1.165, 1.54) is 0 Å². The third-order valence-electron chi connectivity index (χ3n) is 2.56. The molecule has 0 aliphatic heterocycles. The van der Waals surface area contributed by atoms with Crippen LogP contribution in [0.5, 0.6) is 0 Å². The zero-order valence-electron chi connectivity index (χ0n) is 7.43. The first kappa shape index (κ1) is 11.2. The van der Waals surface area contributed by atoms with Crippen LogP contribution in [0.25, 0.3) is 10.4 Å². The molecule has 5 unspecified atom stereocenters. The Morgan fingerprint density at radius 1 is 1.21 bits per heavy atom. The Morgan fingerprint density at radius 2 is 1.86 bits per heavy atom. The van der Waals surface area contributed by atoms with Gasteiger partial charge in [-0.25, -0.2) is 0 Å². The molecule has 0 amide bonds. The van der Waals surface area contributed by atoms with Gasteiger partial charge in [-0.2, -0.15) is 0 Å². The molecule has 4 N–H and O–H groups in total. The van der Waals surface area contributed by atoms with Crippen molar-refractivity contribution < 1.29 is 20.4 Å². The smallest absolute Gasteiger partial charge is 0.106 e. The van der Waals surface area contributed by atoms with Crippen molar-refractivity contribution in [3.8, 4) is 0 Å². The molecule has 14 heavy (non-hydrogen) atoms. The lowest BCUT2D eigenvalue weighted by Gasteiger charge is -2.37. The molecule has 1 rings (SSSR count). The SMILES string of the molecule is [N-]=[N+]=NC1CC(CO)C(O)C(O)C1O. The first-order valence-corrected chi connectivity index (χ1v) is 4.31. The highest BCUT2D eigenvalue weighted by Crippen LogP contribution is 2.27. The fourth-order valence-electron chi connectivity index (χ4n) is 1.66. The molecule has 1 saturated carbocycles. The largest absolute Gasteiger partial charge is 0.396 e. The van der Waals surface area contributed by atoms with Gasteiger partial charge in [-0.3, -0.25) is 0 Å². The Bertz CT molecular complexity index is 241. The van der Waals surface area contributed by atoms with Crippen molar-refractivity contribution in [2.45, 2.75) is 30.8 Å². The molecule has 1 fully saturated rings. The fraction of sp³-hybridized carbons (Fsp3) is 1.00. The maximum absolute atomic E-state index is 9.40. The first-order valence-electron chi connectivity index (χ1n) is 4.31. The second kappa shape index (κ2) is 4.59. The maximum atomic E-state index is 9.40. The zero-order chi connectivity index (χ0) is 10.7. The van der Waals surface area contributed by atoms with Crippen LogP contribution in [-0.2, 0) is 0 Å². The van der Waals surface area contributed by atoms with Gasteiger partial charge in [0.2, 0.25) is 0 Å². The van der Waals surface area contributed by atoms with Crippen LogP contribution in [0.4, 0.5) is 0 Å². The van der Waals surface area contributed by atoms with Crippen LogP contribution in [0, 0.1) is 5.92 Å². The average molecular weight is 203 g/mol. The van der Waals surface area contributed by atoms with Crippen LogP contribution in [0.15, 0.2) is 5.11 Å². The Morgan fingerprint density at radius 3 is 2.36 bits per heavy atom. The van der Waals surface area contributed by atoms with Gasteiger partial charge in [-0.05, 0) is 12.0 Å².